The third-order valence-corrected chi connectivity index (χ3v) is 4.84. The third-order valence-electron chi connectivity index (χ3n) is 4.84. The highest BCUT2D eigenvalue weighted by Gasteiger charge is 2.30. The van der Waals surface area contributed by atoms with Gasteiger partial charge in [-0.2, -0.15) is 0 Å². The molecule has 1 saturated carbocycles. The largest absolute Gasteiger partial charge is 0.466 e. The van der Waals surface area contributed by atoms with Crippen LogP contribution in [0.3, 0.4) is 0 Å². The summed E-state index contributed by atoms with van der Waals surface area (Å²) in [5, 5.41) is 6.12. The molecule has 2 N–H and O–H groups in total. The quantitative estimate of drug-likeness (QED) is 0.414. The summed E-state index contributed by atoms with van der Waals surface area (Å²) in [5.74, 6) is -0.142. The lowest BCUT2D eigenvalue weighted by Crippen LogP contribution is -2.48. The molecule has 1 rings (SSSR count). The van der Waals surface area contributed by atoms with E-state index in [1.54, 1.807) is 20.8 Å². The summed E-state index contributed by atoms with van der Waals surface area (Å²) in [4.78, 5) is 36.3. The second-order valence-corrected chi connectivity index (χ2v) is 10.2. The highest BCUT2D eigenvalue weighted by molar-refractivity contribution is 5.76. The van der Waals surface area contributed by atoms with Crippen molar-refractivity contribution in [2.75, 3.05) is 13.2 Å². The van der Waals surface area contributed by atoms with Gasteiger partial charge in [0.15, 0.2) is 0 Å². The van der Waals surface area contributed by atoms with Crippen molar-refractivity contribution in [1.29, 1.82) is 0 Å². The molecule has 180 valence electrons. The fraction of sp³-hybridized carbons (Fsp3) is 0.870. The summed E-state index contributed by atoms with van der Waals surface area (Å²) >= 11 is 0. The van der Waals surface area contributed by atoms with Gasteiger partial charge in [0.05, 0.1) is 6.61 Å². The Balaban J connectivity index is 2.58. The van der Waals surface area contributed by atoms with E-state index in [4.69, 9.17) is 14.2 Å². The minimum atomic E-state index is -0.590. The van der Waals surface area contributed by atoms with Crippen LogP contribution in [-0.2, 0) is 23.8 Å². The molecule has 0 saturated heterocycles. The Labute approximate surface area is 187 Å². The van der Waals surface area contributed by atoms with Crippen molar-refractivity contribution in [2.24, 2.45) is 5.92 Å². The van der Waals surface area contributed by atoms with Gasteiger partial charge in [-0.25, -0.2) is 4.79 Å². The van der Waals surface area contributed by atoms with E-state index in [2.05, 4.69) is 10.6 Å². The van der Waals surface area contributed by atoms with Gasteiger partial charge < -0.3 is 24.8 Å². The zero-order valence-corrected chi connectivity index (χ0v) is 20.3. The van der Waals surface area contributed by atoms with Crippen LogP contribution in [0.25, 0.3) is 0 Å². The molecule has 8 nitrogen and oxygen atoms in total. The lowest BCUT2D eigenvalue weighted by molar-refractivity contribution is -0.158. The Morgan fingerprint density at radius 2 is 1.52 bits per heavy atom. The van der Waals surface area contributed by atoms with Crippen LogP contribution in [0.4, 0.5) is 4.79 Å². The topological polar surface area (TPSA) is 103 Å². The SMILES string of the molecule is CCOC(=O)CC1CCC(NC(CCNC(=O)OC(C)(C)C)C(=O)OC(C)(C)C)CC1. The molecular formula is C23H42N2O6. The molecular weight excluding hydrogens is 400 g/mol. The molecule has 1 unspecified atom stereocenters. The van der Waals surface area contributed by atoms with E-state index < -0.39 is 23.3 Å². The van der Waals surface area contributed by atoms with Crippen molar-refractivity contribution in [2.45, 2.75) is 110 Å². The number of rotatable bonds is 9. The number of esters is 2. The van der Waals surface area contributed by atoms with E-state index in [1.807, 2.05) is 27.7 Å². The number of alkyl carbamates (subject to hydrolysis) is 1. The Kier molecular flexibility index (Phi) is 10.8. The van der Waals surface area contributed by atoms with Crippen molar-refractivity contribution < 1.29 is 28.6 Å². The number of ether oxygens (including phenoxy) is 3. The summed E-state index contributed by atoms with van der Waals surface area (Å²) in [6.07, 6.45) is 3.93. The van der Waals surface area contributed by atoms with E-state index in [0.29, 0.717) is 31.9 Å². The monoisotopic (exact) mass is 442 g/mol. The van der Waals surface area contributed by atoms with Crippen molar-refractivity contribution >= 4 is 18.0 Å². The van der Waals surface area contributed by atoms with Crippen molar-refractivity contribution in [3.8, 4) is 0 Å². The first-order valence-electron chi connectivity index (χ1n) is 11.4. The second kappa shape index (κ2) is 12.3. The standard InChI is InChI=1S/C23H42N2O6/c1-8-29-19(26)15-16-9-11-17(12-10-16)25-18(20(27)30-22(2,3)4)13-14-24-21(28)31-23(5,6)7/h16-18,25H,8-15H2,1-7H3,(H,24,28). The Morgan fingerprint density at radius 1 is 0.935 bits per heavy atom. The van der Waals surface area contributed by atoms with E-state index in [1.165, 1.54) is 0 Å². The summed E-state index contributed by atoms with van der Waals surface area (Å²) < 4.78 is 15.9. The molecule has 1 fully saturated rings. The summed E-state index contributed by atoms with van der Waals surface area (Å²) in [7, 11) is 0. The Morgan fingerprint density at radius 3 is 2.03 bits per heavy atom. The van der Waals surface area contributed by atoms with Crippen molar-refractivity contribution in [1.82, 2.24) is 10.6 Å². The molecule has 31 heavy (non-hydrogen) atoms. The van der Waals surface area contributed by atoms with Crippen LogP contribution in [0.2, 0.25) is 0 Å². The molecule has 8 heteroatoms. The molecule has 0 bridgehead atoms. The molecule has 0 aliphatic heterocycles. The Bertz CT molecular complexity index is 586. The molecule has 0 aromatic heterocycles. The van der Waals surface area contributed by atoms with Gasteiger partial charge in [-0.3, -0.25) is 9.59 Å². The molecule has 0 heterocycles. The number of hydrogen-bond donors (Lipinski definition) is 2. The third kappa shape index (κ3) is 12.6. The normalized spacial score (nSPS) is 20.5. The molecule has 1 aliphatic rings. The number of hydrogen-bond acceptors (Lipinski definition) is 7. The molecule has 1 amide bonds. The highest BCUT2D eigenvalue weighted by atomic mass is 16.6. The summed E-state index contributed by atoms with van der Waals surface area (Å²) in [5.41, 5.74) is -1.16. The minimum Gasteiger partial charge on any atom is -0.466 e. The fourth-order valence-corrected chi connectivity index (χ4v) is 3.55. The van der Waals surface area contributed by atoms with Crippen LogP contribution in [0.15, 0.2) is 0 Å². The first-order chi connectivity index (χ1) is 14.3. The predicted octanol–water partition coefficient (Wildman–Crippen LogP) is 3.71. The molecule has 1 atom stereocenters. The van der Waals surface area contributed by atoms with E-state index in [-0.39, 0.29) is 18.0 Å². The number of amides is 1. The molecule has 0 radical (unpaired) electrons. The minimum absolute atomic E-state index is 0.140. The van der Waals surface area contributed by atoms with Crippen LogP contribution in [0, 0.1) is 5.92 Å². The van der Waals surface area contributed by atoms with E-state index in [9.17, 15) is 14.4 Å². The van der Waals surface area contributed by atoms with Gasteiger partial charge in [-0.15, -0.1) is 0 Å². The molecule has 0 spiro atoms. The van der Waals surface area contributed by atoms with Crippen LogP contribution < -0.4 is 10.6 Å². The lowest BCUT2D eigenvalue weighted by Gasteiger charge is -2.32. The first kappa shape index (κ1) is 27.2. The molecule has 0 aromatic rings. The summed E-state index contributed by atoms with van der Waals surface area (Å²) in [6.45, 7) is 13.4. The van der Waals surface area contributed by atoms with Gasteiger partial charge in [0.1, 0.15) is 17.2 Å². The lowest BCUT2D eigenvalue weighted by atomic mass is 9.84. The average molecular weight is 443 g/mol. The van der Waals surface area contributed by atoms with Crippen molar-refractivity contribution in [3.05, 3.63) is 0 Å². The van der Waals surface area contributed by atoms with E-state index in [0.717, 1.165) is 25.7 Å². The molecule has 1 aliphatic carbocycles. The van der Waals surface area contributed by atoms with Gasteiger partial charge in [0.25, 0.3) is 0 Å². The fourth-order valence-electron chi connectivity index (χ4n) is 3.55. The highest BCUT2D eigenvalue weighted by Crippen LogP contribution is 2.28. The van der Waals surface area contributed by atoms with Crippen LogP contribution in [0.5, 0.6) is 0 Å². The summed E-state index contributed by atoms with van der Waals surface area (Å²) in [6, 6.07) is -0.363. The van der Waals surface area contributed by atoms with Gasteiger partial charge in [-0.1, -0.05) is 0 Å². The van der Waals surface area contributed by atoms with Crippen LogP contribution >= 0.6 is 0 Å². The predicted molar refractivity (Wildman–Crippen MR) is 119 cm³/mol. The number of nitrogens with one attached hydrogen (secondary N) is 2. The van der Waals surface area contributed by atoms with Crippen LogP contribution in [0.1, 0.15) is 87.0 Å². The van der Waals surface area contributed by atoms with Gasteiger partial charge in [0, 0.05) is 19.0 Å². The van der Waals surface area contributed by atoms with E-state index >= 15 is 0 Å². The maximum Gasteiger partial charge on any atom is 0.407 e. The van der Waals surface area contributed by atoms with Crippen LogP contribution in [-0.4, -0.2) is 54.5 Å². The average Bonchev–Trinajstić information content (AvgIpc) is 2.59. The Hall–Kier alpha value is -1.83. The van der Waals surface area contributed by atoms with Gasteiger partial charge in [0.2, 0.25) is 0 Å². The maximum atomic E-state index is 12.7. The number of carbonyl (C=O) groups is 3. The van der Waals surface area contributed by atoms with Crippen molar-refractivity contribution in [3.63, 3.8) is 0 Å². The number of carbonyl (C=O) groups excluding carboxylic acids is 3. The van der Waals surface area contributed by atoms with Gasteiger partial charge >= 0.3 is 18.0 Å². The zero-order valence-electron chi connectivity index (χ0n) is 20.3. The first-order valence-corrected chi connectivity index (χ1v) is 11.4. The smallest absolute Gasteiger partial charge is 0.407 e. The zero-order chi connectivity index (χ0) is 23.7. The maximum absolute atomic E-state index is 12.7. The second-order valence-electron chi connectivity index (χ2n) is 10.2. The molecule has 0 aromatic carbocycles. The van der Waals surface area contributed by atoms with Gasteiger partial charge in [-0.05, 0) is 86.5 Å².